The molecular weight excluding hydrogens is 432 g/mol. The number of pyridine rings is 1. The minimum absolute atomic E-state index is 0.0388. The lowest BCUT2D eigenvalue weighted by Crippen LogP contribution is -2.56. The Kier molecular flexibility index (Phi) is 5.17. The van der Waals surface area contributed by atoms with Crippen LogP contribution in [0.5, 0.6) is 0 Å². The lowest BCUT2D eigenvalue weighted by Gasteiger charge is -2.40. The summed E-state index contributed by atoms with van der Waals surface area (Å²) in [5.41, 5.74) is 0.552. The van der Waals surface area contributed by atoms with E-state index in [1.165, 1.54) is 4.90 Å². The fourth-order valence-corrected chi connectivity index (χ4v) is 3.57. The number of benzene rings is 1. The number of aliphatic hydroxyl groups is 1. The quantitative estimate of drug-likeness (QED) is 0.550. The van der Waals surface area contributed by atoms with Gasteiger partial charge in [-0.2, -0.15) is 0 Å². The highest BCUT2D eigenvalue weighted by atomic mass is 79.9. The van der Waals surface area contributed by atoms with Crippen molar-refractivity contribution in [3.63, 3.8) is 0 Å². The summed E-state index contributed by atoms with van der Waals surface area (Å²) in [6, 6.07) is 2.62. The summed E-state index contributed by atoms with van der Waals surface area (Å²) in [7, 11) is 0. The van der Waals surface area contributed by atoms with Crippen molar-refractivity contribution in [2.75, 3.05) is 31.1 Å². The van der Waals surface area contributed by atoms with E-state index in [2.05, 4.69) is 20.9 Å². The Hall–Kier alpha value is -2.17. The molecule has 0 radical (unpaired) electrons. The van der Waals surface area contributed by atoms with Crippen molar-refractivity contribution < 1.29 is 19.9 Å². The number of amides is 1. The van der Waals surface area contributed by atoms with Gasteiger partial charge in [0.2, 0.25) is 0 Å². The number of carbonyl (C=O) groups is 1. The normalized spacial score (nSPS) is 17.6. The number of fused-ring (bicyclic) bond motifs is 1. The van der Waals surface area contributed by atoms with Gasteiger partial charge in [0.25, 0.3) is 0 Å². The highest BCUT2D eigenvalue weighted by molar-refractivity contribution is 9.10. The van der Waals surface area contributed by atoms with Gasteiger partial charge < -0.3 is 20.0 Å². The van der Waals surface area contributed by atoms with E-state index in [4.69, 9.17) is 11.6 Å². The minimum Gasteiger partial charge on any atom is -0.465 e. The monoisotopic (exact) mass is 444 g/mol. The summed E-state index contributed by atoms with van der Waals surface area (Å²) in [4.78, 5) is 29.2. The fraction of sp³-hybridized carbons (Fsp3) is 0.333. The Morgan fingerprint density at radius 1 is 1.46 bits per heavy atom. The largest absolute Gasteiger partial charge is 0.465 e. The van der Waals surface area contributed by atoms with Crippen LogP contribution in [0.25, 0.3) is 10.9 Å². The molecule has 2 heterocycles. The van der Waals surface area contributed by atoms with Crippen molar-refractivity contribution in [1.82, 2.24) is 9.88 Å². The second kappa shape index (κ2) is 7.22. The molecule has 0 aliphatic carbocycles. The number of halogens is 2. The first kappa shape index (κ1) is 18.6. The molecule has 1 aromatic heterocycles. The van der Waals surface area contributed by atoms with Gasteiger partial charge in [0.05, 0.1) is 28.1 Å². The number of piperazine rings is 1. The first-order valence-electron chi connectivity index (χ1n) is 7.61. The summed E-state index contributed by atoms with van der Waals surface area (Å²) in [6.07, 6.45) is 0.0693. The van der Waals surface area contributed by atoms with Gasteiger partial charge in [-0.15, -0.1) is 0 Å². The summed E-state index contributed by atoms with van der Waals surface area (Å²) < 4.78 is 0.605. The van der Waals surface area contributed by atoms with E-state index in [9.17, 15) is 25.1 Å². The Labute approximate surface area is 161 Å². The van der Waals surface area contributed by atoms with Crippen molar-refractivity contribution in [2.24, 2.45) is 0 Å². The second-order valence-electron chi connectivity index (χ2n) is 5.79. The van der Waals surface area contributed by atoms with Crippen LogP contribution in [-0.4, -0.2) is 63.4 Å². The summed E-state index contributed by atoms with van der Waals surface area (Å²) in [5, 5.41) is 31.3. The maximum atomic E-state index is 11.6. The van der Waals surface area contributed by atoms with Gasteiger partial charge in [-0.3, -0.25) is 10.1 Å². The lowest BCUT2D eigenvalue weighted by atomic mass is 10.1. The van der Waals surface area contributed by atoms with Crippen LogP contribution < -0.4 is 4.90 Å². The predicted molar refractivity (Wildman–Crippen MR) is 98.9 cm³/mol. The number of carboxylic acid groups (broad SMARTS) is 1. The lowest BCUT2D eigenvalue weighted by molar-refractivity contribution is -0.384. The smallest absolute Gasteiger partial charge is 0.407 e. The van der Waals surface area contributed by atoms with E-state index < -0.39 is 17.1 Å². The number of nitrogens with zero attached hydrogens (tertiary/aromatic N) is 4. The molecule has 26 heavy (non-hydrogen) atoms. The summed E-state index contributed by atoms with van der Waals surface area (Å²) in [5.74, 6) is 0. The molecule has 9 nitrogen and oxygen atoms in total. The molecule has 138 valence electrons. The molecule has 3 rings (SSSR count). The van der Waals surface area contributed by atoms with Crippen molar-refractivity contribution in [3.8, 4) is 0 Å². The molecule has 2 N–H and O–H groups in total. The molecule has 1 aliphatic heterocycles. The van der Waals surface area contributed by atoms with Crippen molar-refractivity contribution in [2.45, 2.75) is 6.04 Å². The first-order valence-corrected chi connectivity index (χ1v) is 8.78. The van der Waals surface area contributed by atoms with Crippen LogP contribution in [0.1, 0.15) is 0 Å². The number of anilines is 1. The minimum atomic E-state index is -1.09. The van der Waals surface area contributed by atoms with Gasteiger partial charge in [0.15, 0.2) is 0 Å². The zero-order chi connectivity index (χ0) is 19.0. The van der Waals surface area contributed by atoms with Crippen LogP contribution in [0, 0.1) is 10.1 Å². The molecule has 0 unspecified atom stereocenters. The molecule has 1 aliphatic rings. The van der Waals surface area contributed by atoms with E-state index in [1.54, 1.807) is 17.0 Å². The maximum Gasteiger partial charge on any atom is 0.407 e. The number of aromatic nitrogens is 1. The Balaban J connectivity index is 2.18. The third kappa shape index (κ3) is 3.27. The second-order valence-corrected chi connectivity index (χ2v) is 7.05. The van der Waals surface area contributed by atoms with Crippen LogP contribution >= 0.6 is 27.5 Å². The van der Waals surface area contributed by atoms with Crippen LogP contribution in [0.4, 0.5) is 16.2 Å². The van der Waals surface area contributed by atoms with Gasteiger partial charge in [-0.25, -0.2) is 9.78 Å². The summed E-state index contributed by atoms with van der Waals surface area (Å²) >= 11 is 9.47. The number of hydrogen-bond donors (Lipinski definition) is 2. The van der Waals surface area contributed by atoms with Gasteiger partial charge in [0, 0.05) is 29.5 Å². The van der Waals surface area contributed by atoms with Crippen LogP contribution in [-0.2, 0) is 0 Å². The molecule has 1 fully saturated rings. The van der Waals surface area contributed by atoms with E-state index in [0.717, 1.165) is 6.20 Å². The van der Waals surface area contributed by atoms with E-state index >= 15 is 0 Å². The third-order valence-corrected chi connectivity index (χ3v) is 5.51. The van der Waals surface area contributed by atoms with E-state index in [0.29, 0.717) is 20.4 Å². The molecule has 0 spiro atoms. The Morgan fingerprint density at radius 3 is 2.81 bits per heavy atom. The van der Waals surface area contributed by atoms with Gasteiger partial charge in [-0.05, 0) is 28.1 Å². The maximum absolute atomic E-state index is 11.6. The molecule has 0 bridgehead atoms. The van der Waals surface area contributed by atoms with Crippen molar-refractivity contribution >= 4 is 55.9 Å². The molecular formula is C15H14BrClN4O5. The molecule has 1 amide bonds. The number of aliphatic hydroxyl groups excluding tert-OH is 1. The molecule has 1 atom stereocenters. The molecule has 1 aromatic carbocycles. The Morgan fingerprint density at radius 2 is 2.19 bits per heavy atom. The van der Waals surface area contributed by atoms with E-state index in [1.807, 2.05) is 0 Å². The molecule has 11 heteroatoms. The van der Waals surface area contributed by atoms with Crippen molar-refractivity contribution in [3.05, 3.63) is 37.9 Å². The highest BCUT2D eigenvalue weighted by Gasteiger charge is 2.34. The zero-order valence-corrected chi connectivity index (χ0v) is 15.6. The van der Waals surface area contributed by atoms with Crippen LogP contribution in [0.15, 0.2) is 22.8 Å². The topological polar surface area (TPSA) is 120 Å². The number of hydrogen-bond acceptors (Lipinski definition) is 6. The SMILES string of the molecule is O=C(O)N1CCN(c2c([N+](=O)[O-])cnc3cc(Br)c(Cl)cc23)[C@@H](CO)C1. The summed E-state index contributed by atoms with van der Waals surface area (Å²) in [6.45, 7) is 0.0499. The molecule has 2 aromatic rings. The fourth-order valence-electron chi connectivity index (χ4n) is 3.08. The van der Waals surface area contributed by atoms with Crippen LogP contribution in [0.2, 0.25) is 5.02 Å². The highest BCUT2D eigenvalue weighted by Crippen LogP contribution is 2.39. The van der Waals surface area contributed by atoms with Gasteiger partial charge in [0.1, 0.15) is 11.9 Å². The van der Waals surface area contributed by atoms with Crippen LogP contribution in [0.3, 0.4) is 0 Å². The molecule has 1 saturated heterocycles. The Bertz CT molecular complexity index is 896. The number of nitro groups is 1. The predicted octanol–water partition coefficient (Wildman–Crippen LogP) is 2.72. The zero-order valence-electron chi connectivity index (χ0n) is 13.3. The van der Waals surface area contributed by atoms with E-state index in [-0.39, 0.29) is 37.6 Å². The first-order chi connectivity index (χ1) is 12.3. The van der Waals surface area contributed by atoms with Gasteiger partial charge >= 0.3 is 11.8 Å². The average Bonchev–Trinajstić information content (AvgIpc) is 2.61. The standard InChI is InChI=1S/C15H14BrClN4O5/c16-10-4-12-9(3-11(10)17)14(13(5-18-12)21(25)26)20-2-1-19(15(23)24)6-8(20)7-22/h3-5,8,22H,1-2,6-7H2,(H,23,24)/t8-/m1/s1. The van der Waals surface area contributed by atoms with Gasteiger partial charge in [-0.1, -0.05) is 11.6 Å². The third-order valence-electron chi connectivity index (χ3n) is 4.31. The average molecular weight is 446 g/mol. The number of rotatable bonds is 3. The van der Waals surface area contributed by atoms with Crippen molar-refractivity contribution in [1.29, 1.82) is 0 Å². The molecule has 0 saturated carbocycles.